The van der Waals surface area contributed by atoms with Crippen molar-refractivity contribution in [2.45, 2.75) is 71.4 Å². The summed E-state index contributed by atoms with van der Waals surface area (Å²) >= 11 is 0. The molecule has 15 heavy (non-hydrogen) atoms. The predicted octanol–water partition coefficient (Wildman–Crippen LogP) is 3.59. The molecule has 2 saturated carbocycles. The van der Waals surface area contributed by atoms with Gasteiger partial charge in [-0.05, 0) is 56.3 Å². The van der Waals surface area contributed by atoms with Crippen molar-refractivity contribution in [3.05, 3.63) is 0 Å². The molecule has 2 fully saturated rings. The SMILES string of the molecule is CC1CCC(NC2CCC(C)CC2C)C1. The molecule has 0 bridgehead atoms. The summed E-state index contributed by atoms with van der Waals surface area (Å²) in [5.41, 5.74) is 0. The van der Waals surface area contributed by atoms with E-state index in [2.05, 4.69) is 26.1 Å². The minimum Gasteiger partial charge on any atom is -0.311 e. The third-order valence-corrected chi connectivity index (χ3v) is 4.58. The first-order chi connectivity index (χ1) is 7.15. The molecule has 0 radical (unpaired) electrons. The van der Waals surface area contributed by atoms with Crippen LogP contribution in [-0.4, -0.2) is 12.1 Å². The molecule has 0 aliphatic heterocycles. The van der Waals surface area contributed by atoms with Crippen molar-refractivity contribution in [2.75, 3.05) is 0 Å². The molecule has 2 aliphatic carbocycles. The highest BCUT2D eigenvalue weighted by molar-refractivity contribution is 4.86. The fourth-order valence-electron chi connectivity index (χ4n) is 3.57. The molecule has 0 aromatic heterocycles. The summed E-state index contributed by atoms with van der Waals surface area (Å²) in [6, 6.07) is 1.65. The van der Waals surface area contributed by atoms with Gasteiger partial charge in [0, 0.05) is 12.1 Å². The standard InChI is InChI=1S/C14H27N/c1-10-5-7-14(12(3)8-10)15-13-6-4-11(2)9-13/h10-15H,4-9H2,1-3H3. The van der Waals surface area contributed by atoms with E-state index in [1.165, 1.54) is 38.5 Å². The highest BCUT2D eigenvalue weighted by Gasteiger charge is 2.29. The summed E-state index contributed by atoms with van der Waals surface area (Å²) < 4.78 is 0. The fourth-order valence-corrected chi connectivity index (χ4v) is 3.57. The minimum atomic E-state index is 0.816. The van der Waals surface area contributed by atoms with Crippen molar-refractivity contribution in [3.8, 4) is 0 Å². The van der Waals surface area contributed by atoms with E-state index in [9.17, 15) is 0 Å². The van der Waals surface area contributed by atoms with Crippen molar-refractivity contribution in [2.24, 2.45) is 17.8 Å². The molecule has 0 aromatic rings. The molecule has 0 saturated heterocycles. The average molecular weight is 209 g/mol. The highest BCUT2D eigenvalue weighted by atomic mass is 15.0. The molecular formula is C14H27N. The first-order valence-corrected chi connectivity index (χ1v) is 6.91. The lowest BCUT2D eigenvalue weighted by molar-refractivity contribution is 0.212. The van der Waals surface area contributed by atoms with Crippen LogP contribution in [0.3, 0.4) is 0 Å². The summed E-state index contributed by atoms with van der Waals surface area (Å²) in [7, 11) is 0. The van der Waals surface area contributed by atoms with Gasteiger partial charge in [0.2, 0.25) is 0 Å². The Bertz CT molecular complexity index is 202. The largest absolute Gasteiger partial charge is 0.311 e. The quantitative estimate of drug-likeness (QED) is 0.733. The van der Waals surface area contributed by atoms with E-state index < -0.39 is 0 Å². The van der Waals surface area contributed by atoms with Gasteiger partial charge in [-0.15, -0.1) is 0 Å². The summed E-state index contributed by atoms with van der Waals surface area (Å²) in [5.74, 6) is 2.81. The molecule has 5 atom stereocenters. The van der Waals surface area contributed by atoms with Gasteiger partial charge in [-0.25, -0.2) is 0 Å². The summed E-state index contributed by atoms with van der Waals surface area (Å²) in [5, 5.41) is 3.92. The Morgan fingerprint density at radius 2 is 1.47 bits per heavy atom. The molecule has 2 aliphatic rings. The van der Waals surface area contributed by atoms with Crippen LogP contribution >= 0.6 is 0 Å². The highest BCUT2D eigenvalue weighted by Crippen LogP contribution is 2.31. The number of hydrogen-bond donors (Lipinski definition) is 1. The molecule has 0 amide bonds. The summed E-state index contributed by atoms with van der Waals surface area (Å²) in [6.45, 7) is 7.24. The monoisotopic (exact) mass is 209 g/mol. The van der Waals surface area contributed by atoms with E-state index >= 15 is 0 Å². The molecule has 88 valence electrons. The first kappa shape index (κ1) is 11.4. The average Bonchev–Trinajstić information content (AvgIpc) is 2.56. The van der Waals surface area contributed by atoms with Gasteiger partial charge in [-0.1, -0.05) is 20.8 Å². The van der Waals surface area contributed by atoms with Gasteiger partial charge in [-0.3, -0.25) is 0 Å². The maximum Gasteiger partial charge on any atom is 0.00954 e. The summed E-state index contributed by atoms with van der Waals surface area (Å²) in [4.78, 5) is 0. The van der Waals surface area contributed by atoms with Crippen LogP contribution in [0.5, 0.6) is 0 Å². The second-order valence-electron chi connectivity index (χ2n) is 6.28. The topological polar surface area (TPSA) is 12.0 Å². The Labute approximate surface area is 95.0 Å². The molecule has 0 heterocycles. The molecule has 0 spiro atoms. The van der Waals surface area contributed by atoms with Gasteiger partial charge >= 0.3 is 0 Å². The second-order valence-corrected chi connectivity index (χ2v) is 6.28. The third-order valence-electron chi connectivity index (χ3n) is 4.58. The van der Waals surface area contributed by atoms with Crippen LogP contribution in [0.15, 0.2) is 0 Å². The third kappa shape index (κ3) is 2.96. The molecule has 1 heteroatoms. The van der Waals surface area contributed by atoms with Crippen molar-refractivity contribution < 1.29 is 0 Å². The van der Waals surface area contributed by atoms with Gasteiger partial charge in [0.1, 0.15) is 0 Å². The van der Waals surface area contributed by atoms with Gasteiger partial charge in [0.25, 0.3) is 0 Å². The molecular weight excluding hydrogens is 182 g/mol. The lowest BCUT2D eigenvalue weighted by Gasteiger charge is -2.35. The van der Waals surface area contributed by atoms with Gasteiger partial charge in [0.15, 0.2) is 0 Å². The van der Waals surface area contributed by atoms with Gasteiger partial charge < -0.3 is 5.32 Å². The van der Waals surface area contributed by atoms with Gasteiger partial charge in [0.05, 0.1) is 0 Å². The maximum atomic E-state index is 3.92. The molecule has 0 aromatic carbocycles. The Morgan fingerprint density at radius 3 is 2.07 bits per heavy atom. The van der Waals surface area contributed by atoms with Crippen molar-refractivity contribution in [1.29, 1.82) is 0 Å². The van der Waals surface area contributed by atoms with E-state index in [4.69, 9.17) is 0 Å². The predicted molar refractivity (Wildman–Crippen MR) is 65.9 cm³/mol. The van der Waals surface area contributed by atoms with E-state index in [0.29, 0.717) is 0 Å². The molecule has 5 unspecified atom stereocenters. The Hall–Kier alpha value is -0.0400. The van der Waals surface area contributed by atoms with Crippen molar-refractivity contribution in [3.63, 3.8) is 0 Å². The van der Waals surface area contributed by atoms with Crippen molar-refractivity contribution >= 4 is 0 Å². The van der Waals surface area contributed by atoms with Crippen LogP contribution in [0.25, 0.3) is 0 Å². The zero-order valence-corrected chi connectivity index (χ0v) is 10.6. The van der Waals surface area contributed by atoms with E-state index in [1.54, 1.807) is 0 Å². The smallest absolute Gasteiger partial charge is 0.00954 e. The van der Waals surface area contributed by atoms with E-state index in [-0.39, 0.29) is 0 Å². The lowest BCUT2D eigenvalue weighted by Crippen LogP contribution is -2.43. The molecule has 1 nitrogen and oxygen atoms in total. The normalized spacial score (nSPS) is 47.0. The van der Waals surface area contributed by atoms with Crippen LogP contribution in [0, 0.1) is 17.8 Å². The Balaban J connectivity index is 1.79. The maximum absolute atomic E-state index is 3.92. The number of nitrogens with one attached hydrogen (secondary N) is 1. The number of hydrogen-bond acceptors (Lipinski definition) is 1. The lowest BCUT2D eigenvalue weighted by atomic mass is 9.79. The van der Waals surface area contributed by atoms with Crippen molar-refractivity contribution in [1.82, 2.24) is 5.32 Å². The van der Waals surface area contributed by atoms with E-state index in [0.717, 1.165) is 29.8 Å². The zero-order valence-electron chi connectivity index (χ0n) is 10.6. The van der Waals surface area contributed by atoms with Crippen LogP contribution in [0.2, 0.25) is 0 Å². The Morgan fingerprint density at radius 1 is 0.800 bits per heavy atom. The van der Waals surface area contributed by atoms with E-state index in [1.807, 2.05) is 0 Å². The first-order valence-electron chi connectivity index (χ1n) is 6.91. The molecule has 2 rings (SSSR count). The van der Waals surface area contributed by atoms with Crippen LogP contribution in [0.1, 0.15) is 59.3 Å². The van der Waals surface area contributed by atoms with Gasteiger partial charge in [-0.2, -0.15) is 0 Å². The van der Waals surface area contributed by atoms with Crippen LogP contribution in [-0.2, 0) is 0 Å². The summed E-state index contributed by atoms with van der Waals surface area (Å²) in [6.07, 6.45) is 8.55. The Kier molecular flexibility index (Phi) is 3.71. The minimum absolute atomic E-state index is 0.816. The number of rotatable bonds is 2. The van der Waals surface area contributed by atoms with Crippen LogP contribution in [0.4, 0.5) is 0 Å². The fraction of sp³-hybridized carbons (Fsp3) is 1.00. The van der Waals surface area contributed by atoms with Crippen LogP contribution < -0.4 is 5.32 Å². The zero-order chi connectivity index (χ0) is 10.8. The second kappa shape index (κ2) is 4.86. The molecule has 1 N–H and O–H groups in total.